The van der Waals surface area contributed by atoms with Gasteiger partial charge in [0, 0.05) is 31.1 Å². The lowest BCUT2D eigenvalue weighted by Crippen LogP contribution is -2.52. The highest BCUT2D eigenvalue weighted by molar-refractivity contribution is 5.09. The highest BCUT2D eigenvalue weighted by Gasteiger charge is 2.32. The van der Waals surface area contributed by atoms with Gasteiger partial charge in [-0.25, -0.2) is 0 Å². The number of nitriles is 1. The van der Waals surface area contributed by atoms with Crippen molar-refractivity contribution in [3.63, 3.8) is 0 Å². The van der Waals surface area contributed by atoms with E-state index in [0.29, 0.717) is 13.1 Å². The molecule has 0 aromatic heterocycles. The quantitative estimate of drug-likeness (QED) is 0.322. The predicted octanol–water partition coefficient (Wildman–Crippen LogP) is 0.874. The van der Waals surface area contributed by atoms with E-state index < -0.39 is 5.54 Å². The van der Waals surface area contributed by atoms with Crippen molar-refractivity contribution in [2.24, 2.45) is 5.11 Å². The Labute approximate surface area is 89.5 Å². The van der Waals surface area contributed by atoms with E-state index >= 15 is 0 Å². The first-order chi connectivity index (χ1) is 7.22. The molecule has 0 aliphatic carbocycles. The molecule has 0 bridgehead atoms. The molecule has 0 unspecified atom stereocenters. The Bertz CT molecular complexity index is 279. The number of azide groups is 1. The van der Waals surface area contributed by atoms with Crippen molar-refractivity contribution in [2.45, 2.75) is 18.4 Å². The molecule has 0 aromatic carbocycles. The third kappa shape index (κ3) is 3.40. The average Bonchev–Trinajstić information content (AvgIpc) is 2.28. The number of hydrogen-bond donors (Lipinski definition) is 1. The van der Waals surface area contributed by atoms with E-state index in [-0.39, 0.29) is 0 Å². The molecule has 1 heterocycles. The fourth-order valence-corrected chi connectivity index (χ4v) is 1.72. The molecule has 82 valence electrons. The van der Waals surface area contributed by atoms with E-state index in [9.17, 15) is 0 Å². The second-order valence-corrected chi connectivity index (χ2v) is 3.88. The zero-order chi connectivity index (χ0) is 11.1. The highest BCUT2D eigenvalue weighted by atomic mass is 15.2. The van der Waals surface area contributed by atoms with E-state index in [0.717, 1.165) is 25.9 Å². The van der Waals surface area contributed by atoms with Crippen LogP contribution in [0.25, 0.3) is 10.4 Å². The van der Waals surface area contributed by atoms with Crippen molar-refractivity contribution in [2.75, 3.05) is 33.2 Å². The van der Waals surface area contributed by atoms with Gasteiger partial charge in [-0.05, 0) is 25.4 Å². The monoisotopic (exact) mass is 208 g/mol. The lowest BCUT2D eigenvalue weighted by atomic mass is 9.89. The predicted molar refractivity (Wildman–Crippen MR) is 57.1 cm³/mol. The number of rotatable bonds is 4. The van der Waals surface area contributed by atoms with E-state index in [2.05, 4.69) is 33.4 Å². The Morgan fingerprint density at radius 3 is 2.80 bits per heavy atom. The van der Waals surface area contributed by atoms with Gasteiger partial charge in [0.25, 0.3) is 0 Å². The third-order valence-electron chi connectivity index (χ3n) is 2.79. The van der Waals surface area contributed by atoms with Crippen LogP contribution in [0.3, 0.4) is 0 Å². The van der Waals surface area contributed by atoms with Gasteiger partial charge in [0.15, 0.2) is 0 Å². The molecule has 15 heavy (non-hydrogen) atoms. The standard InChI is InChI=1S/C9H16N6/c1-15-6-2-9(8-10,3-7-15)12-4-5-13-14-11/h12H,2-7H2,1H3. The summed E-state index contributed by atoms with van der Waals surface area (Å²) in [4.78, 5) is 4.89. The van der Waals surface area contributed by atoms with E-state index in [1.54, 1.807) is 0 Å². The average molecular weight is 208 g/mol. The van der Waals surface area contributed by atoms with Crippen molar-refractivity contribution in [3.8, 4) is 6.07 Å². The highest BCUT2D eigenvalue weighted by Crippen LogP contribution is 2.20. The van der Waals surface area contributed by atoms with Gasteiger partial charge in [-0.3, -0.25) is 5.32 Å². The van der Waals surface area contributed by atoms with Crippen LogP contribution in [0.1, 0.15) is 12.8 Å². The van der Waals surface area contributed by atoms with Crippen molar-refractivity contribution in [1.82, 2.24) is 10.2 Å². The van der Waals surface area contributed by atoms with E-state index in [4.69, 9.17) is 10.8 Å². The van der Waals surface area contributed by atoms with Crippen LogP contribution in [-0.4, -0.2) is 43.7 Å². The molecule has 1 N–H and O–H groups in total. The van der Waals surface area contributed by atoms with E-state index in [1.807, 2.05) is 0 Å². The summed E-state index contributed by atoms with van der Waals surface area (Å²) in [6.45, 7) is 2.83. The maximum atomic E-state index is 9.15. The van der Waals surface area contributed by atoms with Crippen LogP contribution in [0.5, 0.6) is 0 Å². The van der Waals surface area contributed by atoms with Crippen LogP contribution in [-0.2, 0) is 0 Å². The van der Waals surface area contributed by atoms with Gasteiger partial charge in [-0.1, -0.05) is 5.11 Å². The van der Waals surface area contributed by atoms with E-state index in [1.165, 1.54) is 0 Å². The third-order valence-corrected chi connectivity index (χ3v) is 2.79. The molecule has 1 saturated heterocycles. The second-order valence-electron chi connectivity index (χ2n) is 3.88. The first-order valence-electron chi connectivity index (χ1n) is 5.08. The Hall–Kier alpha value is -1.28. The zero-order valence-electron chi connectivity index (χ0n) is 8.98. The smallest absolute Gasteiger partial charge is 0.109 e. The molecule has 0 atom stereocenters. The molecule has 0 saturated carbocycles. The summed E-state index contributed by atoms with van der Waals surface area (Å²) in [5, 5.41) is 15.8. The van der Waals surface area contributed by atoms with Gasteiger partial charge in [-0.2, -0.15) is 5.26 Å². The summed E-state index contributed by atoms with van der Waals surface area (Å²) in [5.74, 6) is 0. The molecule has 1 aliphatic heterocycles. The summed E-state index contributed by atoms with van der Waals surface area (Å²) in [7, 11) is 2.06. The molecule has 0 radical (unpaired) electrons. The number of hydrogen-bond acceptors (Lipinski definition) is 4. The maximum Gasteiger partial charge on any atom is 0.109 e. The van der Waals surface area contributed by atoms with Crippen LogP contribution in [0.2, 0.25) is 0 Å². The van der Waals surface area contributed by atoms with Gasteiger partial charge < -0.3 is 4.90 Å². The van der Waals surface area contributed by atoms with Crippen LogP contribution in [0.4, 0.5) is 0 Å². The molecular formula is C9H16N6. The molecule has 1 fully saturated rings. The minimum absolute atomic E-state index is 0.399. The van der Waals surface area contributed by atoms with Gasteiger partial charge in [0.05, 0.1) is 6.07 Å². The fraction of sp³-hybridized carbons (Fsp3) is 0.889. The lowest BCUT2D eigenvalue weighted by molar-refractivity contribution is 0.197. The molecule has 0 amide bonds. The summed E-state index contributed by atoms with van der Waals surface area (Å²) in [5.41, 5.74) is 7.70. The van der Waals surface area contributed by atoms with Crippen molar-refractivity contribution in [3.05, 3.63) is 10.4 Å². The van der Waals surface area contributed by atoms with Crippen LogP contribution < -0.4 is 5.32 Å². The Kier molecular flexibility index (Phi) is 4.37. The van der Waals surface area contributed by atoms with Crippen LogP contribution in [0.15, 0.2) is 5.11 Å². The number of likely N-dealkylation sites (tertiary alicyclic amines) is 1. The fourth-order valence-electron chi connectivity index (χ4n) is 1.72. The normalized spacial score (nSPS) is 20.3. The SMILES string of the molecule is CN1CCC(C#N)(NCCN=[N+]=[N-])CC1. The number of piperidine rings is 1. The Morgan fingerprint density at radius 1 is 1.60 bits per heavy atom. The van der Waals surface area contributed by atoms with Crippen molar-refractivity contribution < 1.29 is 0 Å². The van der Waals surface area contributed by atoms with Gasteiger partial charge in [0.2, 0.25) is 0 Å². The molecule has 1 rings (SSSR count). The topological polar surface area (TPSA) is 87.8 Å². The zero-order valence-corrected chi connectivity index (χ0v) is 8.98. The summed E-state index contributed by atoms with van der Waals surface area (Å²) in [6.07, 6.45) is 1.66. The Balaban J connectivity index is 2.40. The molecular weight excluding hydrogens is 192 g/mol. The summed E-state index contributed by atoms with van der Waals surface area (Å²) in [6, 6.07) is 2.34. The second kappa shape index (κ2) is 5.56. The number of nitrogens with zero attached hydrogens (tertiary/aromatic N) is 5. The van der Waals surface area contributed by atoms with Crippen LogP contribution >= 0.6 is 0 Å². The first kappa shape index (κ1) is 11.8. The first-order valence-corrected chi connectivity index (χ1v) is 5.08. The Morgan fingerprint density at radius 2 is 2.27 bits per heavy atom. The van der Waals surface area contributed by atoms with Crippen molar-refractivity contribution >= 4 is 0 Å². The van der Waals surface area contributed by atoms with Crippen LogP contribution in [0, 0.1) is 11.3 Å². The summed E-state index contributed by atoms with van der Waals surface area (Å²) < 4.78 is 0. The van der Waals surface area contributed by atoms with Gasteiger partial charge in [-0.15, -0.1) is 0 Å². The molecule has 0 spiro atoms. The molecule has 6 nitrogen and oxygen atoms in total. The minimum Gasteiger partial charge on any atom is -0.306 e. The van der Waals surface area contributed by atoms with Crippen molar-refractivity contribution in [1.29, 1.82) is 5.26 Å². The van der Waals surface area contributed by atoms with Gasteiger partial charge in [0.1, 0.15) is 5.54 Å². The molecule has 1 aliphatic rings. The summed E-state index contributed by atoms with van der Waals surface area (Å²) >= 11 is 0. The largest absolute Gasteiger partial charge is 0.306 e. The minimum atomic E-state index is -0.419. The number of nitrogens with one attached hydrogen (secondary N) is 1. The molecule has 0 aromatic rings. The molecule has 6 heteroatoms. The lowest BCUT2D eigenvalue weighted by Gasteiger charge is -2.36. The van der Waals surface area contributed by atoms with Gasteiger partial charge >= 0.3 is 0 Å². The maximum absolute atomic E-state index is 9.15.